The summed E-state index contributed by atoms with van der Waals surface area (Å²) in [6.45, 7) is 2.07. The number of carbonyl (C=O) groups excluding carboxylic acids is 1. The summed E-state index contributed by atoms with van der Waals surface area (Å²) in [4.78, 5) is 27.2. The van der Waals surface area contributed by atoms with Crippen LogP contribution in [-0.2, 0) is 11.2 Å². The van der Waals surface area contributed by atoms with E-state index in [0.29, 0.717) is 22.2 Å². The van der Waals surface area contributed by atoms with Crippen molar-refractivity contribution < 1.29 is 4.79 Å². The van der Waals surface area contributed by atoms with E-state index in [-0.39, 0.29) is 5.91 Å². The van der Waals surface area contributed by atoms with Crippen LogP contribution < -0.4 is 9.80 Å². The van der Waals surface area contributed by atoms with Crippen LogP contribution in [0.2, 0.25) is 10.0 Å². The maximum atomic E-state index is 13.5. The number of piperidine rings is 1. The van der Waals surface area contributed by atoms with Gasteiger partial charge >= 0.3 is 0 Å². The number of carbonyl (C=O) groups is 1. The highest BCUT2D eigenvalue weighted by Gasteiger charge is 2.31. The van der Waals surface area contributed by atoms with E-state index in [1.165, 1.54) is 19.3 Å². The van der Waals surface area contributed by atoms with Crippen LogP contribution >= 0.6 is 23.2 Å². The molecule has 5 nitrogen and oxygen atoms in total. The molecule has 1 fully saturated rings. The summed E-state index contributed by atoms with van der Waals surface area (Å²) in [6.07, 6.45) is 5.93. The fourth-order valence-electron chi connectivity index (χ4n) is 4.68. The second-order valence-corrected chi connectivity index (χ2v) is 9.64. The number of aliphatic imine (C=N–C) groups is 1. The van der Waals surface area contributed by atoms with Gasteiger partial charge in [0.25, 0.3) is 5.91 Å². The summed E-state index contributed by atoms with van der Waals surface area (Å²) < 4.78 is 0. The van der Waals surface area contributed by atoms with Crippen molar-refractivity contribution in [3.05, 3.63) is 87.5 Å². The van der Waals surface area contributed by atoms with Gasteiger partial charge in [-0.3, -0.25) is 9.79 Å². The van der Waals surface area contributed by atoms with E-state index in [2.05, 4.69) is 4.90 Å². The number of hydrogen-bond acceptors (Lipinski definition) is 4. The minimum absolute atomic E-state index is 0.0867. The average Bonchev–Trinajstić information content (AvgIpc) is 2.96. The van der Waals surface area contributed by atoms with Gasteiger partial charge in [-0.15, -0.1) is 0 Å². The molecule has 174 valence electrons. The number of fused-ring (bicyclic) bond motifs is 1. The van der Waals surface area contributed by atoms with Gasteiger partial charge in [0, 0.05) is 53.9 Å². The zero-order chi connectivity index (χ0) is 23.7. The van der Waals surface area contributed by atoms with Crippen molar-refractivity contribution in [2.24, 2.45) is 4.99 Å². The third-order valence-corrected chi connectivity index (χ3v) is 7.15. The van der Waals surface area contributed by atoms with Crippen molar-refractivity contribution in [1.82, 2.24) is 4.98 Å². The molecule has 5 rings (SSSR count). The van der Waals surface area contributed by atoms with Crippen LogP contribution in [0.15, 0.2) is 65.8 Å². The third-order valence-electron chi connectivity index (χ3n) is 6.55. The zero-order valence-corrected chi connectivity index (χ0v) is 20.6. The van der Waals surface area contributed by atoms with Crippen molar-refractivity contribution in [1.29, 1.82) is 0 Å². The van der Waals surface area contributed by atoms with E-state index >= 15 is 0 Å². The summed E-state index contributed by atoms with van der Waals surface area (Å²) >= 11 is 12.8. The molecule has 1 atom stereocenters. The summed E-state index contributed by atoms with van der Waals surface area (Å²) in [5.74, 6) is 0.890. The first kappa shape index (κ1) is 22.9. The topological polar surface area (TPSA) is 48.8 Å². The molecular formula is C27H26Cl2N4O. The van der Waals surface area contributed by atoms with Crippen molar-refractivity contribution in [3.63, 3.8) is 0 Å². The maximum Gasteiger partial charge on any atom is 0.251 e. The van der Waals surface area contributed by atoms with Gasteiger partial charge in [0.2, 0.25) is 0 Å². The van der Waals surface area contributed by atoms with Gasteiger partial charge in [-0.2, -0.15) is 0 Å². The fourth-order valence-corrected chi connectivity index (χ4v) is 5.07. The molecule has 34 heavy (non-hydrogen) atoms. The van der Waals surface area contributed by atoms with E-state index in [9.17, 15) is 4.79 Å². The normalized spacial score (nSPS) is 18.4. The Morgan fingerprint density at radius 1 is 1.00 bits per heavy atom. The van der Waals surface area contributed by atoms with Crippen LogP contribution in [0.4, 0.5) is 11.5 Å². The molecule has 0 bridgehead atoms. The molecule has 0 N–H and O–H groups in total. The van der Waals surface area contributed by atoms with Crippen molar-refractivity contribution in [2.45, 2.75) is 31.7 Å². The molecule has 2 aliphatic rings. The molecule has 3 aromatic rings. The second kappa shape index (κ2) is 9.77. The standard InChI is InChI=1S/C27H26Cl2N4O/c1-32-24-11-10-20(28)16-21(24)26(19-9-12-25(30-17-19)33-13-5-2-6-14-33)31-23(27(32)34)15-18-7-3-4-8-22(18)29/h3-4,7-12,16-17,23H,2,5-6,13-15H2,1H3. The Balaban J connectivity index is 1.58. The van der Waals surface area contributed by atoms with Gasteiger partial charge in [-0.05, 0) is 61.2 Å². The lowest BCUT2D eigenvalue weighted by molar-refractivity contribution is -0.119. The molecule has 0 radical (unpaired) electrons. The van der Waals surface area contributed by atoms with Gasteiger partial charge in [0.05, 0.1) is 11.4 Å². The highest BCUT2D eigenvalue weighted by atomic mass is 35.5. The number of amides is 1. The Morgan fingerprint density at radius 2 is 1.79 bits per heavy atom. The van der Waals surface area contributed by atoms with E-state index in [0.717, 1.165) is 41.3 Å². The van der Waals surface area contributed by atoms with Crippen molar-refractivity contribution in [2.75, 3.05) is 29.9 Å². The first-order valence-corrected chi connectivity index (χ1v) is 12.4. The number of nitrogens with zero attached hydrogens (tertiary/aromatic N) is 4. The smallest absolute Gasteiger partial charge is 0.251 e. The molecule has 0 saturated carbocycles. The second-order valence-electron chi connectivity index (χ2n) is 8.80. The summed E-state index contributed by atoms with van der Waals surface area (Å²) in [5, 5.41) is 1.22. The molecule has 1 unspecified atom stereocenters. The predicted octanol–water partition coefficient (Wildman–Crippen LogP) is 5.80. The van der Waals surface area contributed by atoms with Crippen LogP contribution in [-0.4, -0.2) is 42.8 Å². The summed E-state index contributed by atoms with van der Waals surface area (Å²) in [7, 11) is 1.78. The van der Waals surface area contributed by atoms with Gasteiger partial charge in [-0.1, -0.05) is 41.4 Å². The van der Waals surface area contributed by atoms with Crippen molar-refractivity contribution >= 4 is 46.3 Å². The lowest BCUT2D eigenvalue weighted by Crippen LogP contribution is -2.36. The number of aromatic nitrogens is 1. The lowest BCUT2D eigenvalue weighted by Gasteiger charge is -2.27. The number of rotatable bonds is 4. The third kappa shape index (κ3) is 4.55. The van der Waals surface area contributed by atoms with Gasteiger partial charge in [-0.25, -0.2) is 4.98 Å². The molecule has 7 heteroatoms. The Hall–Kier alpha value is -2.89. The summed E-state index contributed by atoms with van der Waals surface area (Å²) in [6, 6.07) is 16.6. The van der Waals surface area contributed by atoms with Crippen LogP contribution in [0, 0.1) is 0 Å². The molecule has 1 aromatic heterocycles. The van der Waals surface area contributed by atoms with Crippen molar-refractivity contribution in [3.8, 4) is 0 Å². The monoisotopic (exact) mass is 492 g/mol. The molecule has 1 saturated heterocycles. The van der Waals surface area contributed by atoms with E-state index < -0.39 is 6.04 Å². The van der Waals surface area contributed by atoms with Gasteiger partial charge in [0.1, 0.15) is 11.9 Å². The molecular weight excluding hydrogens is 467 g/mol. The minimum Gasteiger partial charge on any atom is -0.357 e. The maximum absolute atomic E-state index is 13.5. The zero-order valence-electron chi connectivity index (χ0n) is 19.0. The number of benzene rings is 2. The number of likely N-dealkylation sites (N-methyl/N-ethyl adjacent to an activating group) is 1. The first-order valence-electron chi connectivity index (χ1n) is 11.6. The lowest BCUT2D eigenvalue weighted by atomic mass is 10.0. The SMILES string of the molecule is CN1C(=O)C(Cc2ccccc2Cl)N=C(c2ccc(N3CCCCC3)nc2)c2cc(Cl)ccc21. The molecule has 2 aliphatic heterocycles. The quantitative estimate of drug-likeness (QED) is 0.461. The van der Waals surface area contributed by atoms with Crippen LogP contribution in [0.1, 0.15) is 36.0 Å². The Bertz CT molecular complexity index is 1240. The van der Waals surface area contributed by atoms with Gasteiger partial charge in [0.15, 0.2) is 0 Å². The Labute approximate surface area is 210 Å². The first-order chi connectivity index (χ1) is 16.5. The van der Waals surface area contributed by atoms with Crippen LogP contribution in [0.5, 0.6) is 0 Å². The Morgan fingerprint density at radius 3 is 2.53 bits per heavy atom. The molecule has 3 heterocycles. The van der Waals surface area contributed by atoms with E-state index in [4.69, 9.17) is 33.2 Å². The largest absolute Gasteiger partial charge is 0.357 e. The number of pyridine rings is 1. The van der Waals surface area contributed by atoms with Gasteiger partial charge < -0.3 is 9.80 Å². The van der Waals surface area contributed by atoms with Crippen LogP contribution in [0.25, 0.3) is 0 Å². The number of benzodiazepines with no additional fused rings is 1. The fraction of sp³-hybridized carbons (Fsp3) is 0.296. The van der Waals surface area contributed by atoms with E-state index in [1.54, 1.807) is 18.0 Å². The molecule has 1 amide bonds. The molecule has 0 spiro atoms. The van der Waals surface area contributed by atoms with Crippen LogP contribution in [0.3, 0.4) is 0 Å². The molecule has 0 aliphatic carbocycles. The highest BCUT2D eigenvalue weighted by molar-refractivity contribution is 6.32. The van der Waals surface area contributed by atoms with E-state index in [1.807, 2.05) is 54.7 Å². The number of halogens is 2. The molecule has 2 aromatic carbocycles. The number of hydrogen-bond donors (Lipinski definition) is 0. The predicted molar refractivity (Wildman–Crippen MR) is 140 cm³/mol. The average molecular weight is 493 g/mol. The summed E-state index contributed by atoms with van der Waals surface area (Å²) in [5.41, 5.74) is 4.05. The number of anilines is 2. The highest BCUT2D eigenvalue weighted by Crippen LogP contribution is 2.32. The minimum atomic E-state index is -0.618. The Kier molecular flexibility index (Phi) is 6.57.